The van der Waals surface area contributed by atoms with E-state index in [2.05, 4.69) is 0 Å². The van der Waals surface area contributed by atoms with Gasteiger partial charge in [-0.3, -0.25) is 0 Å². The molecule has 0 aromatic heterocycles. The van der Waals surface area contributed by atoms with Crippen LogP contribution in [0.25, 0.3) is 0 Å². The first kappa shape index (κ1) is 17.4. The first-order valence-electron chi connectivity index (χ1n) is 6.27. The second kappa shape index (κ2) is 7.09. The fourth-order valence-corrected chi connectivity index (χ4v) is 4.04. The Morgan fingerprint density at radius 3 is 2.32 bits per heavy atom. The molecule has 0 unspecified atom stereocenters. The molecule has 0 fully saturated rings. The van der Waals surface area contributed by atoms with Crippen molar-refractivity contribution in [2.24, 2.45) is 0 Å². The van der Waals surface area contributed by atoms with Crippen molar-refractivity contribution in [2.45, 2.75) is 11.5 Å². The van der Waals surface area contributed by atoms with Gasteiger partial charge in [0.25, 0.3) is 0 Å². The van der Waals surface area contributed by atoms with E-state index in [1.165, 1.54) is 7.11 Å². The van der Waals surface area contributed by atoms with E-state index in [1.54, 1.807) is 36.4 Å². The van der Waals surface area contributed by atoms with Gasteiger partial charge in [-0.25, -0.2) is 8.42 Å². The van der Waals surface area contributed by atoms with Gasteiger partial charge < -0.3 is 4.74 Å². The summed E-state index contributed by atoms with van der Waals surface area (Å²) in [6, 6.07) is 9.65. The van der Waals surface area contributed by atoms with Crippen LogP contribution in [0.3, 0.4) is 0 Å². The Hall–Kier alpha value is -0.940. The van der Waals surface area contributed by atoms with Crippen LogP contribution in [-0.4, -0.2) is 15.5 Å². The van der Waals surface area contributed by atoms with Gasteiger partial charge in [-0.15, -0.1) is 0 Å². The normalized spacial score (nSPS) is 11.5. The Morgan fingerprint density at radius 1 is 0.955 bits per heavy atom. The van der Waals surface area contributed by atoms with E-state index < -0.39 is 9.84 Å². The topological polar surface area (TPSA) is 43.4 Å². The molecule has 0 saturated heterocycles. The van der Waals surface area contributed by atoms with E-state index in [9.17, 15) is 8.42 Å². The van der Waals surface area contributed by atoms with Crippen molar-refractivity contribution < 1.29 is 13.2 Å². The van der Waals surface area contributed by atoms with Gasteiger partial charge in [0.15, 0.2) is 9.84 Å². The standard InChI is InChI=1S/C15H13Cl3O3S/c1-21-15-5-3-12(16)7-11(15)9-22(19,20)8-10-2-4-13(17)14(18)6-10/h2-7H,8-9H2,1H3. The highest BCUT2D eigenvalue weighted by Crippen LogP contribution is 2.27. The summed E-state index contributed by atoms with van der Waals surface area (Å²) in [6.07, 6.45) is 0. The van der Waals surface area contributed by atoms with Crippen molar-refractivity contribution in [3.63, 3.8) is 0 Å². The van der Waals surface area contributed by atoms with E-state index in [0.717, 1.165) is 0 Å². The van der Waals surface area contributed by atoms with Gasteiger partial charge >= 0.3 is 0 Å². The number of ether oxygens (including phenoxy) is 1. The minimum atomic E-state index is -3.41. The Labute approximate surface area is 144 Å². The summed E-state index contributed by atoms with van der Waals surface area (Å²) in [5.41, 5.74) is 1.10. The average Bonchev–Trinajstić information content (AvgIpc) is 2.42. The maximum atomic E-state index is 12.4. The molecule has 0 amide bonds. The number of hydrogen-bond donors (Lipinski definition) is 0. The lowest BCUT2D eigenvalue weighted by Gasteiger charge is -2.10. The molecule has 0 radical (unpaired) electrons. The van der Waals surface area contributed by atoms with Gasteiger partial charge in [-0.1, -0.05) is 40.9 Å². The molecule has 0 N–H and O–H groups in total. The highest BCUT2D eigenvalue weighted by Gasteiger charge is 2.17. The zero-order valence-corrected chi connectivity index (χ0v) is 14.7. The predicted octanol–water partition coefficient (Wildman–Crippen LogP) is 4.77. The van der Waals surface area contributed by atoms with Crippen molar-refractivity contribution in [3.05, 3.63) is 62.6 Å². The molecule has 2 aromatic rings. The molecule has 0 spiro atoms. The van der Waals surface area contributed by atoms with Gasteiger partial charge in [0.05, 0.1) is 28.7 Å². The van der Waals surface area contributed by atoms with E-state index in [4.69, 9.17) is 39.5 Å². The number of halogens is 3. The van der Waals surface area contributed by atoms with Crippen LogP contribution in [-0.2, 0) is 21.3 Å². The van der Waals surface area contributed by atoms with Crippen LogP contribution in [0.5, 0.6) is 5.75 Å². The minimum absolute atomic E-state index is 0.139. The highest BCUT2D eigenvalue weighted by atomic mass is 35.5. The maximum Gasteiger partial charge on any atom is 0.158 e. The smallest absolute Gasteiger partial charge is 0.158 e. The fraction of sp³-hybridized carbons (Fsp3) is 0.200. The average molecular weight is 380 g/mol. The van der Waals surface area contributed by atoms with Crippen molar-refractivity contribution in [1.29, 1.82) is 0 Å². The molecule has 3 nitrogen and oxygen atoms in total. The van der Waals surface area contributed by atoms with Gasteiger partial charge in [0, 0.05) is 10.6 Å². The van der Waals surface area contributed by atoms with E-state index >= 15 is 0 Å². The van der Waals surface area contributed by atoms with Crippen molar-refractivity contribution in [1.82, 2.24) is 0 Å². The molecule has 0 saturated carbocycles. The third kappa shape index (κ3) is 4.53. The molecule has 0 heterocycles. The van der Waals surface area contributed by atoms with E-state index in [-0.39, 0.29) is 11.5 Å². The summed E-state index contributed by atoms with van der Waals surface area (Å²) < 4.78 is 29.9. The molecular formula is C15H13Cl3O3S. The lowest BCUT2D eigenvalue weighted by molar-refractivity contribution is 0.411. The first-order chi connectivity index (χ1) is 10.3. The number of rotatable bonds is 5. The monoisotopic (exact) mass is 378 g/mol. The summed E-state index contributed by atoms with van der Waals surface area (Å²) in [6.45, 7) is 0. The van der Waals surface area contributed by atoms with E-state index in [0.29, 0.717) is 31.9 Å². The van der Waals surface area contributed by atoms with Crippen LogP contribution in [0, 0.1) is 0 Å². The molecule has 118 valence electrons. The molecule has 0 atom stereocenters. The molecule has 7 heteroatoms. The summed E-state index contributed by atoms with van der Waals surface area (Å²) in [5, 5.41) is 1.18. The summed E-state index contributed by atoms with van der Waals surface area (Å²) in [5.74, 6) is 0.179. The first-order valence-corrected chi connectivity index (χ1v) is 9.23. The highest BCUT2D eigenvalue weighted by molar-refractivity contribution is 7.89. The Bertz CT molecular complexity index is 789. The van der Waals surface area contributed by atoms with Crippen molar-refractivity contribution >= 4 is 44.6 Å². The van der Waals surface area contributed by atoms with Gasteiger partial charge in [-0.2, -0.15) is 0 Å². The van der Waals surface area contributed by atoms with Crippen LogP contribution >= 0.6 is 34.8 Å². The van der Waals surface area contributed by atoms with Gasteiger partial charge in [0.1, 0.15) is 5.75 Å². The third-order valence-corrected chi connectivity index (χ3v) is 5.49. The largest absolute Gasteiger partial charge is 0.496 e. The number of methoxy groups -OCH3 is 1. The van der Waals surface area contributed by atoms with Crippen molar-refractivity contribution in [3.8, 4) is 5.75 Å². The molecule has 22 heavy (non-hydrogen) atoms. The fourth-order valence-electron chi connectivity index (χ4n) is 2.03. The number of sulfone groups is 1. The van der Waals surface area contributed by atoms with Gasteiger partial charge in [0.2, 0.25) is 0 Å². The lowest BCUT2D eigenvalue weighted by Crippen LogP contribution is -2.08. The molecule has 2 aromatic carbocycles. The quantitative estimate of drug-likeness (QED) is 0.751. The second-order valence-corrected chi connectivity index (χ2v) is 8.05. The zero-order valence-electron chi connectivity index (χ0n) is 11.6. The Kier molecular flexibility index (Phi) is 5.61. The third-order valence-electron chi connectivity index (χ3n) is 2.99. The van der Waals surface area contributed by atoms with Crippen LogP contribution in [0.1, 0.15) is 11.1 Å². The Morgan fingerprint density at radius 2 is 1.68 bits per heavy atom. The summed E-state index contributed by atoms with van der Waals surface area (Å²) >= 11 is 17.7. The molecule has 0 bridgehead atoms. The molecular weight excluding hydrogens is 367 g/mol. The molecule has 0 aliphatic carbocycles. The van der Waals surface area contributed by atoms with Crippen LogP contribution in [0.15, 0.2) is 36.4 Å². The van der Waals surface area contributed by atoms with Crippen LogP contribution < -0.4 is 4.74 Å². The molecule has 0 aliphatic heterocycles. The second-order valence-electron chi connectivity index (χ2n) is 4.74. The van der Waals surface area contributed by atoms with Crippen molar-refractivity contribution in [2.75, 3.05) is 7.11 Å². The minimum Gasteiger partial charge on any atom is -0.496 e. The summed E-state index contributed by atoms with van der Waals surface area (Å²) in [4.78, 5) is 0. The molecule has 2 rings (SSSR count). The SMILES string of the molecule is COc1ccc(Cl)cc1CS(=O)(=O)Cc1ccc(Cl)c(Cl)c1. The van der Waals surface area contributed by atoms with Gasteiger partial charge in [-0.05, 0) is 35.9 Å². The molecule has 0 aliphatic rings. The van der Waals surface area contributed by atoms with E-state index in [1.807, 2.05) is 0 Å². The summed E-state index contributed by atoms with van der Waals surface area (Å²) in [7, 11) is -1.92. The number of benzene rings is 2. The van der Waals surface area contributed by atoms with Crippen LogP contribution in [0.4, 0.5) is 0 Å². The number of hydrogen-bond acceptors (Lipinski definition) is 3. The zero-order chi connectivity index (χ0) is 16.3. The van der Waals surface area contributed by atoms with Crippen LogP contribution in [0.2, 0.25) is 15.1 Å². The Balaban J connectivity index is 2.24. The predicted molar refractivity (Wildman–Crippen MR) is 90.8 cm³/mol. The maximum absolute atomic E-state index is 12.4. The lowest BCUT2D eigenvalue weighted by atomic mass is 10.2.